The van der Waals surface area contributed by atoms with Crippen molar-refractivity contribution in [2.24, 2.45) is 0 Å². The number of carbonyl (C=O) groups is 2. The highest BCUT2D eigenvalue weighted by Crippen LogP contribution is 2.33. The molecule has 2 rings (SSSR count). The lowest BCUT2D eigenvalue weighted by atomic mass is 10.2. The number of halogens is 1. The summed E-state index contributed by atoms with van der Waals surface area (Å²) < 4.78 is 16.8. The number of nitrogens with one attached hydrogen (secondary N) is 1. The fourth-order valence-corrected chi connectivity index (χ4v) is 2.52. The van der Waals surface area contributed by atoms with E-state index in [1.807, 2.05) is 13.0 Å². The molecule has 25 heavy (non-hydrogen) atoms. The molecular formula is C18H18BrNO5. The molecule has 0 spiro atoms. The van der Waals surface area contributed by atoms with Crippen LogP contribution in [0.1, 0.15) is 17.3 Å². The van der Waals surface area contributed by atoms with Gasteiger partial charge in [-0.2, -0.15) is 0 Å². The van der Waals surface area contributed by atoms with Gasteiger partial charge in [-0.25, -0.2) is 0 Å². The van der Waals surface area contributed by atoms with Crippen molar-refractivity contribution < 1.29 is 23.8 Å². The van der Waals surface area contributed by atoms with Crippen LogP contribution in [0.5, 0.6) is 17.2 Å². The molecule has 1 N–H and O–H groups in total. The van der Waals surface area contributed by atoms with Gasteiger partial charge in [-0.15, -0.1) is 0 Å². The molecule has 1 amide bonds. The van der Waals surface area contributed by atoms with Crippen molar-refractivity contribution in [1.29, 1.82) is 0 Å². The van der Waals surface area contributed by atoms with Crippen molar-refractivity contribution in [1.82, 2.24) is 0 Å². The number of methoxy groups -OCH3 is 1. The van der Waals surface area contributed by atoms with Crippen LogP contribution in [0.3, 0.4) is 0 Å². The van der Waals surface area contributed by atoms with Gasteiger partial charge in [-0.1, -0.05) is 12.1 Å². The van der Waals surface area contributed by atoms with Crippen molar-refractivity contribution in [2.45, 2.75) is 6.92 Å². The zero-order chi connectivity index (χ0) is 18.2. The molecule has 7 heteroatoms. The van der Waals surface area contributed by atoms with E-state index in [1.165, 1.54) is 7.11 Å². The van der Waals surface area contributed by atoms with Crippen molar-refractivity contribution in [2.75, 3.05) is 25.6 Å². The summed E-state index contributed by atoms with van der Waals surface area (Å²) in [6, 6.07) is 10.3. The Bertz CT molecular complexity index is 763. The third-order valence-corrected chi connectivity index (χ3v) is 3.92. The molecule has 0 unspecified atom stereocenters. The minimum atomic E-state index is -0.345. The van der Waals surface area contributed by atoms with Gasteiger partial charge in [0.25, 0.3) is 5.91 Å². The first-order valence-corrected chi connectivity index (χ1v) is 8.35. The van der Waals surface area contributed by atoms with Gasteiger partial charge in [0.15, 0.2) is 24.4 Å². The third-order valence-electron chi connectivity index (χ3n) is 3.23. The topological polar surface area (TPSA) is 73.9 Å². The number of aldehydes is 1. The molecule has 0 aliphatic carbocycles. The van der Waals surface area contributed by atoms with Crippen LogP contribution >= 0.6 is 15.9 Å². The summed E-state index contributed by atoms with van der Waals surface area (Å²) >= 11 is 3.29. The average molecular weight is 408 g/mol. The van der Waals surface area contributed by atoms with Crippen LogP contribution in [0.4, 0.5) is 5.69 Å². The van der Waals surface area contributed by atoms with Crippen molar-refractivity contribution in [3.05, 3.63) is 46.4 Å². The molecule has 0 aliphatic rings. The van der Waals surface area contributed by atoms with Crippen molar-refractivity contribution >= 4 is 33.8 Å². The molecule has 0 saturated carbocycles. The van der Waals surface area contributed by atoms with E-state index in [-0.39, 0.29) is 12.5 Å². The number of rotatable bonds is 8. The van der Waals surface area contributed by atoms with Gasteiger partial charge in [-0.3, -0.25) is 9.59 Å². The first-order chi connectivity index (χ1) is 12.1. The fourth-order valence-electron chi connectivity index (χ4n) is 2.10. The Hall–Kier alpha value is -2.54. The van der Waals surface area contributed by atoms with E-state index in [2.05, 4.69) is 21.2 Å². The number of carbonyl (C=O) groups excluding carboxylic acids is 2. The van der Waals surface area contributed by atoms with E-state index >= 15 is 0 Å². The predicted octanol–water partition coefficient (Wildman–Crippen LogP) is 3.69. The number of anilines is 1. The normalized spacial score (nSPS) is 10.0. The zero-order valence-electron chi connectivity index (χ0n) is 13.9. The average Bonchev–Trinajstić information content (AvgIpc) is 2.62. The molecule has 0 radical (unpaired) electrons. The summed E-state index contributed by atoms with van der Waals surface area (Å²) in [5, 5.41) is 2.72. The Morgan fingerprint density at radius 3 is 2.56 bits per heavy atom. The first kappa shape index (κ1) is 18.8. The largest absolute Gasteiger partial charge is 0.495 e. The smallest absolute Gasteiger partial charge is 0.262 e. The van der Waals surface area contributed by atoms with Gasteiger partial charge in [-0.05, 0) is 47.1 Å². The summed E-state index contributed by atoms with van der Waals surface area (Å²) in [6.45, 7) is 2.01. The molecule has 0 aliphatic heterocycles. The van der Waals surface area contributed by atoms with E-state index in [1.54, 1.807) is 30.3 Å². The third kappa shape index (κ3) is 4.96. The van der Waals surface area contributed by atoms with Crippen molar-refractivity contribution in [3.8, 4) is 17.2 Å². The lowest BCUT2D eigenvalue weighted by molar-refractivity contribution is -0.118. The minimum absolute atomic E-state index is 0.217. The molecule has 0 bridgehead atoms. The SMILES string of the molecule is CCOc1cc(C=O)c(Br)cc1OCC(=O)Nc1ccccc1OC. The van der Waals surface area contributed by atoms with E-state index in [4.69, 9.17) is 14.2 Å². The Labute approximate surface area is 154 Å². The maximum Gasteiger partial charge on any atom is 0.262 e. The second-order valence-corrected chi connectivity index (χ2v) is 5.76. The highest BCUT2D eigenvalue weighted by molar-refractivity contribution is 9.10. The quantitative estimate of drug-likeness (QED) is 0.675. The molecule has 6 nitrogen and oxygen atoms in total. The molecule has 0 fully saturated rings. The van der Waals surface area contributed by atoms with Gasteiger partial charge in [0, 0.05) is 10.0 Å². The molecule has 0 heterocycles. The fraction of sp³-hybridized carbons (Fsp3) is 0.222. The van der Waals surface area contributed by atoms with Gasteiger partial charge in [0.1, 0.15) is 5.75 Å². The minimum Gasteiger partial charge on any atom is -0.495 e. The number of hydrogen-bond donors (Lipinski definition) is 1. The van der Waals surface area contributed by atoms with Crippen LogP contribution < -0.4 is 19.5 Å². The second kappa shape index (κ2) is 9.08. The summed E-state index contributed by atoms with van der Waals surface area (Å²) in [7, 11) is 1.53. The number of ether oxygens (including phenoxy) is 3. The van der Waals surface area contributed by atoms with Crippen LogP contribution in [-0.2, 0) is 4.79 Å². The van der Waals surface area contributed by atoms with E-state index in [0.717, 1.165) is 0 Å². The molecule has 0 saturated heterocycles. The Morgan fingerprint density at radius 2 is 1.88 bits per heavy atom. The van der Waals surface area contributed by atoms with Crippen LogP contribution in [0, 0.1) is 0 Å². The first-order valence-electron chi connectivity index (χ1n) is 7.56. The highest BCUT2D eigenvalue weighted by Gasteiger charge is 2.13. The van der Waals surface area contributed by atoms with Crippen LogP contribution in [0.2, 0.25) is 0 Å². The number of amides is 1. The van der Waals surface area contributed by atoms with Gasteiger partial charge in [0.05, 0.1) is 19.4 Å². The Morgan fingerprint density at radius 1 is 1.16 bits per heavy atom. The lowest BCUT2D eigenvalue weighted by Gasteiger charge is -2.14. The van der Waals surface area contributed by atoms with Crippen LogP contribution in [-0.4, -0.2) is 32.5 Å². The summed E-state index contributed by atoms with van der Waals surface area (Å²) in [5.74, 6) is 0.985. The zero-order valence-corrected chi connectivity index (χ0v) is 15.5. The Balaban J connectivity index is 2.08. The maximum atomic E-state index is 12.1. The maximum absolute atomic E-state index is 12.1. The van der Waals surface area contributed by atoms with Crippen LogP contribution in [0.25, 0.3) is 0 Å². The number of benzene rings is 2. The van der Waals surface area contributed by atoms with E-state index in [0.29, 0.717) is 45.9 Å². The van der Waals surface area contributed by atoms with Crippen LogP contribution in [0.15, 0.2) is 40.9 Å². The monoisotopic (exact) mass is 407 g/mol. The second-order valence-electron chi connectivity index (χ2n) is 4.91. The van der Waals surface area contributed by atoms with E-state index in [9.17, 15) is 9.59 Å². The van der Waals surface area contributed by atoms with Gasteiger partial charge in [0.2, 0.25) is 0 Å². The molecule has 2 aromatic rings. The Kier molecular flexibility index (Phi) is 6.82. The molecule has 2 aromatic carbocycles. The molecule has 132 valence electrons. The summed E-state index contributed by atoms with van der Waals surface area (Å²) in [5.41, 5.74) is 0.996. The van der Waals surface area contributed by atoms with Gasteiger partial charge >= 0.3 is 0 Å². The number of hydrogen-bond acceptors (Lipinski definition) is 5. The summed E-state index contributed by atoms with van der Waals surface area (Å²) in [6.07, 6.45) is 0.713. The summed E-state index contributed by atoms with van der Waals surface area (Å²) in [4.78, 5) is 23.2. The van der Waals surface area contributed by atoms with Crippen molar-refractivity contribution in [3.63, 3.8) is 0 Å². The number of para-hydroxylation sites is 2. The standard InChI is InChI=1S/C18H18BrNO5/c1-3-24-16-8-12(10-21)13(19)9-17(16)25-11-18(22)20-14-6-4-5-7-15(14)23-2/h4-10H,3,11H2,1-2H3,(H,20,22). The molecule has 0 aromatic heterocycles. The molecule has 0 atom stereocenters. The van der Waals surface area contributed by atoms with E-state index < -0.39 is 0 Å². The predicted molar refractivity (Wildman–Crippen MR) is 97.8 cm³/mol. The lowest BCUT2D eigenvalue weighted by Crippen LogP contribution is -2.20. The van der Waals surface area contributed by atoms with Gasteiger partial charge < -0.3 is 19.5 Å². The molecular weight excluding hydrogens is 390 g/mol. The highest BCUT2D eigenvalue weighted by atomic mass is 79.9.